The van der Waals surface area contributed by atoms with E-state index in [0.29, 0.717) is 12.2 Å². The van der Waals surface area contributed by atoms with Crippen LogP contribution in [0.1, 0.15) is 34.7 Å². The standard InChI is InChI=1S/C20H28N6OS/c1-14-13-15(2)22-17-16(14)19(26-9-11-28-12-10-26)24-18(23-17)20(27)21-5-8-25-6-3-4-7-25/h13H,3-12H2,1-2H3,(H,21,27). The van der Waals surface area contributed by atoms with Crippen molar-refractivity contribution in [3.05, 3.63) is 23.1 Å². The molecule has 0 aromatic carbocycles. The van der Waals surface area contributed by atoms with E-state index in [1.54, 1.807) is 0 Å². The molecule has 4 heterocycles. The molecule has 8 heteroatoms. The number of fused-ring (bicyclic) bond motifs is 1. The van der Waals surface area contributed by atoms with E-state index in [1.807, 2.05) is 18.7 Å². The number of nitrogens with zero attached hydrogens (tertiary/aromatic N) is 5. The molecule has 2 aromatic heterocycles. The van der Waals surface area contributed by atoms with Crippen LogP contribution < -0.4 is 10.2 Å². The van der Waals surface area contributed by atoms with Crippen LogP contribution in [-0.4, -0.2) is 76.5 Å². The van der Waals surface area contributed by atoms with Gasteiger partial charge in [-0.25, -0.2) is 15.0 Å². The zero-order valence-corrected chi connectivity index (χ0v) is 17.5. The number of amides is 1. The molecule has 0 spiro atoms. The molecule has 0 bridgehead atoms. The Hall–Kier alpha value is -1.93. The largest absolute Gasteiger partial charge is 0.354 e. The number of carbonyl (C=O) groups is 1. The topological polar surface area (TPSA) is 74.2 Å². The second-order valence-electron chi connectivity index (χ2n) is 7.55. The zero-order valence-electron chi connectivity index (χ0n) is 16.7. The molecule has 2 fully saturated rings. The molecule has 2 saturated heterocycles. The number of aromatic nitrogens is 3. The number of carbonyl (C=O) groups excluding carboxylic acids is 1. The quantitative estimate of drug-likeness (QED) is 0.823. The molecule has 150 valence electrons. The molecule has 0 unspecified atom stereocenters. The molecule has 2 aliphatic heterocycles. The van der Waals surface area contributed by atoms with E-state index in [9.17, 15) is 4.79 Å². The number of nitrogens with one attached hydrogen (secondary N) is 1. The fourth-order valence-corrected chi connectivity index (χ4v) is 4.88. The summed E-state index contributed by atoms with van der Waals surface area (Å²) in [7, 11) is 0. The lowest BCUT2D eigenvalue weighted by atomic mass is 10.1. The van der Waals surface area contributed by atoms with Crippen molar-refractivity contribution in [2.45, 2.75) is 26.7 Å². The van der Waals surface area contributed by atoms with Gasteiger partial charge in [-0.05, 0) is 51.4 Å². The van der Waals surface area contributed by atoms with Crippen LogP contribution >= 0.6 is 11.8 Å². The van der Waals surface area contributed by atoms with Crippen LogP contribution in [0.5, 0.6) is 0 Å². The van der Waals surface area contributed by atoms with Crippen LogP contribution in [0.15, 0.2) is 6.07 Å². The minimum atomic E-state index is -0.213. The van der Waals surface area contributed by atoms with Crippen molar-refractivity contribution in [1.82, 2.24) is 25.2 Å². The molecule has 0 aliphatic carbocycles. The fourth-order valence-electron chi connectivity index (χ4n) is 3.97. The van der Waals surface area contributed by atoms with Crippen LogP contribution in [0.3, 0.4) is 0 Å². The third-order valence-electron chi connectivity index (χ3n) is 5.40. The first-order valence-corrected chi connectivity index (χ1v) is 11.3. The summed E-state index contributed by atoms with van der Waals surface area (Å²) in [6.07, 6.45) is 2.51. The number of rotatable bonds is 5. The van der Waals surface area contributed by atoms with Gasteiger partial charge in [0, 0.05) is 43.4 Å². The van der Waals surface area contributed by atoms with Gasteiger partial charge in [0.25, 0.3) is 5.91 Å². The molecule has 0 saturated carbocycles. The molecule has 0 radical (unpaired) electrons. The highest BCUT2D eigenvalue weighted by Crippen LogP contribution is 2.28. The van der Waals surface area contributed by atoms with Gasteiger partial charge < -0.3 is 15.1 Å². The van der Waals surface area contributed by atoms with Gasteiger partial charge in [0.15, 0.2) is 5.65 Å². The van der Waals surface area contributed by atoms with E-state index >= 15 is 0 Å². The molecule has 7 nitrogen and oxygen atoms in total. The van der Waals surface area contributed by atoms with E-state index in [0.717, 1.165) is 66.7 Å². The summed E-state index contributed by atoms with van der Waals surface area (Å²) in [5, 5.41) is 3.96. The fraction of sp³-hybridized carbons (Fsp3) is 0.600. The number of aryl methyl sites for hydroxylation is 2. The van der Waals surface area contributed by atoms with E-state index in [1.165, 1.54) is 12.8 Å². The van der Waals surface area contributed by atoms with Gasteiger partial charge in [-0.1, -0.05) is 0 Å². The van der Waals surface area contributed by atoms with Gasteiger partial charge in [-0.2, -0.15) is 11.8 Å². The predicted molar refractivity (Wildman–Crippen MR) is 114 cm³/mol. The van der Waals surface area contributed by atoms with Crippen molar-refractivity contribution in [2.24, 2.45) is 0 Å². The van der Waals surface area contributed by atoms with Gasteiger partial charge in [-0.3, -0.25) is 4.79 Å². The minimum absolute atomic E-state index is 0.213. The minimum Gasteiger partial charge on any atom is -0.354 e. The number of hydrogen-bond donors (Lipinski definition) is 1. The van der Waals surface area contributed by atoms with Crippen LogP contribution in [0.2, 0.25) is 0 Å². The van der Waals surface area contributed by atoms with Crippen LogP contribution in [0.4, 0.5) is 5.82 Å². The number of likely N-dealkylation sites (tertiary alicyclic amines) is 1. The van der Waals surface area contributed by atoms with E-state index in [2.05, 4.69) is 38.1 Å². The normalized spacial score (nSPS) is 18.0. The predicted octanol–water partition coefficient (Wildman–Crippen LogP) is 2.02. The lowest BCUT2D eigenvalue weighted by molar-refractivity contribution is 0.0939. The summed E-state index contributed by atoms with van der Waals surface area (Å²) in [6, 6.07) is 2.06. The van der Waals surface area contributed by atoms with Crippen LogP contribution in [-0.2, 0) is 0 Å². The summed E-state index contributed by atoms with van der Waals surface area (Å²) >= 11 is 1.95. The summed E-state index contributed by atoms with van der Waals surface area (Å²) in [4.78, 5) is 31.2. The van der Waals surface area contributed by atoms with E-state index < -0.39 is 0 Å². The molecular formula is C20H28N6OS. The van der Waals surface area contributed by atoms with Gasteiger partial charge in [0.05, 0.1) is 5.39 Å². The SMILES string of the molecule is Cc1cc(C)c2c(N3CCSCC3)nc(C(=O)NCCN3CCCC3)nc2n1. The smallest absolute Gasteiger partial charge is 0.289 e. The first-order chi connectivity index (χ1) is 13.6. The number of thioether (sulfide) groups is 1. The van der Waals surface area contributed by atoms with Gasteiger partial charge in [0.2, 0.25) is 5.82 Å². The lowest BCUT2D eigenvalue weighted by Crippen LogP contribution is -2.36. The van der Waals surface area contributed by atoms with Crippen molar-refractivity contribution in [1.29, 1.82) is 0 Å². The first-order valence-electron chi connectivity index (χ1n) is 10.1. The third kappa shape index (κ3) is 4.22. The van der Waals surface area contributed by atoms with Crippen molar-refractivity contribution < 1.29 is 4.79 Å². The Morgan fingerprint density at radius 2 is 1.86 bits per heavy atom. The lowest BCUT2D eigenvalue weighted by Gasteiger charge is -2.29. The highest BCUT2D eigenvalue weighted by Gasteiger charge is 2.22. The third-order valence-corrected chi connectivity index (χ3v) is 6.34. The van der Waals surface area contributed by atoms with Crippen LogP contribution in [0.25, 0.3) is 11.0 Å². The van der Waals surface area contributed by atoms with Gasteiger partial charge in [-0.15, -0.1) is 0 Å². The van der Waals surface area contributed by atoms with E-state index in [4.69, 9.17) is 4.98 Å². The average Bonchev–Trinajstić information content (AvgIpc) is 3.21. The summed E-state index contributed by atoms with van der Waals surface area (Å²) in [5.41, 5.74) is 2.63. The molecule has 0 atom stereocenters. The molecule has 1 amide bonds. The number of hydrogen-bond acceptors (Lipinski definition) is 7. The highest BCUT2D eigenvalue weighted by molar-refractivity contribution is 7.99. The van der Waals surface area contributed by atoms with Crippen LogP contribution in [0, 0.1) is 13.8 Å². The van der Waals surface area contributed by atoms with Crippen molar-refractivity contribution in [3.63, 3.8) is 0 Å². The maximum atomic E-state index is 12.8. The Kier molecular flexibility index (Phi) is 5.96. The zero-order chi connectivity index (χ0) is 19.5. The number of pyridine rings is 1. The second-order valence-corrected chi connectivity index (χ2v) is 8.78. The van der Waals surface area contributed by atoms with Crippen molar-refractivity contribution in [2.75, 3.05) is 55.7 Å². The molecule has 2 aliphatic rings. The maximum absolute atomic E-state index is 12.8. The highest BCUT2D eigenvalue weighted by atomic mass is 32.2. The van der Waals surface area contributed by atoms with Gasteiger partial charge in [0.1, 0.15) is 5.82 Å². The van der Waals surface area contributed by atoms with E-state index in [-0.39, 0.29) is 11.7 Å². The maximum Gasteiger partial charge on any atom is 0.289 e. The Balaban J connectivity index is 1.61. The van der Waals surface area contributed by atoms with Crippen molar-refractivity contribution >= 4 is 34.5 Å². The Bertz CT molecular complexity index is 861. The molecule has 4 rings (SSSR count). The Morgan fingerprint density at radius 3 is 2.61 bits per heavy atom. The second kappa shape index (κ2) is 8.61. The van der Waals surface area contributed by atoms with Crippen molar-refractivity contribution in [3.8, 4) is 0 Å². The monoisotopic (exact) mass is 400 g/mol. The first kappa shape index (κ1) is 19.4. The molecule has 2 aromatic rings. The number of anilines is 1. The Labute approximate surface area is 170 Å². The molecular weight excluding hydrogens is 372 g/mol. The molecule has 28 heavy (non-hydrogen) atoms. The summed E-state index contributed by atoms with van der Waals surface area (Å²) < 4.78 is 0. The average molecular weight is 401 g/mol. The molecule has 1 N–H and O–H groups in total. The Morgan fingerprint density at radius 1 is 1.11 bits per heavy atom. The van der Waals surface area contributed by atoms with Gasteiger partial charge >= 0.3 is 0 Å². The summed E-state index contributed by atoms with van der Waals surface area (Å²) in [6.45, 7) is 9.65. The summed E-state index contributed by atoms with van der Waals surface area (Å²) in [5.74, 6) is 3.00.